The second kappa shape index (κ2) is 6.07. The van der Waals surface area contributed by atoms with Crippen LogP contribution in [0.5, 0.6) is 0 Å². The third kappa shape index (κ3) is 3.62. The molecule has 1 atom stereocenters. The summed E-state index contributed by atoms with van der Waals surface area (Å²) in [6.07, 6.45) is 0.536. The summed E-state index contributed by atoms with van der Waals surface area (Å²) in [5, 5.41) is 10.9. The molecule has 0 heterocycles. The molecule has 0 bridgehead atoms. The molecule has 0 aromatic heterocycles. The number of carboxylic acid groups (broad SMARTS) is 1. The molecule has 0 saturated carbocycles. The number of esters is 1. The fourth-order valence-electron chi connectivity index (χ4n) is 0.882. The molecule has 0 N–H and O–H groups in total. The van der Waals surface area contributed by atoms with Crippen LogP contribution in [0.25, 0.3) is 0 Å². The fraction of sp³-hybridized carbons (Fsp3) is 0.636. The normalized spacial score (nSPS) is 13.3. The second-order valence-corrected chi connectivity index (χ2v) is 3.22. The van der Waals surface area contributed by atoms with Crippen molar-refractivity contribution in [2.75, 3.05) is 6.61 Å². The highest BCUT2D eigenvalue weighted by Crippen LogP contribution is 2.22. The van der Waals surface area contributed by atoms with Gasteiger partial charge in [-0.3, -0.25) is 4.79 Å². The molecule has 0 aliphatic heterocycles. The molecule has 0 fully saturated rings. The van der Waals surface area contributed by atoms with Gasteiger partial charge in [0.15, 0.2) is 0 Å². The lowest BCUT2D eigenvalue weighted by Crippen LogP contribution is -2.46. The second-order valence-electron chi connectivity index (χ2n) is 3.22. The van der Waals surface area contributed by atoms with E-state index in [0.29, 0.717) is 6.42 Å². The van der Waals surface area contributed by atoms with Gasteiger partial charge < -0.3 is 14.6 Å². The fourth-order valence-corrected chi connectivity index (χ4v) is 0.882. The maximum atomic E-state index is 11.4. The van der Waals surface area contributed by atoms with Crippen LogP contribution in [-0.4, -0.2) is 18.5 Å². The zero-order valence-electron chi connectivity index (χ0n) is 9.25. The molecule has 0 aromatic carbocycles. The van der Waals surface area contributed by atoms with Gasteiger partial charge in [-0.2, -0.15) is 0 Å². The van der Waals surface area contributed by atoms with Crippen LogP contribution in [0.15, 0.2) is 0 Å². The summed E-state index contributed by atoms with van der Waals surface area (Å²) >= 11 is 0. The van der Waals surface area contributed by atoms with Gasteiger partial charge in [0.2, 0.25) is 0 Å². The lowest BCUT2D eigenvalue weighted by Gasteiger charge is -2.25. The van der Waals surface area contributed by atoms with Gasteiger partial charge in [0.25, 0.3) is 0 Å². The first-order valence-corrected chi connectivity index (χ1v) is 4.83. The van der Waals surface area contributed by atoms with Gasteiger partial charge >= 0.3 is 5.97 Å². The molecule has 0 saturated heterocycles. The van der Waals surface area contributed by atoms with Gasteiger partial charge in [-0.25, -0.2) is 0 Å². The molecule has 4 heteroatoms. The van der Waals surface area contributed by atoms with Crippen molar-refractivity contribution in [3.05, 3.63) is 0 Å². The Labute approximate surface area is 89.6 Å². The van der Waals surface area contributed by atoms with Crippen LogP contribution in [0.2, 0.25) is 0 Å². The Bertz CT molecular complexity index is 297. The van der Waals surface area contributed by atoms with Gasteiger partial charge in [-0.15, -0.1) is 11.8 Å². The van der Waals surface area contributed by atoms with Crippen molar-refractivity contribution in [1.82, 2.24) is 0 Å². The summed E-state index contributed by atoms with van der Waals surface area (Å²) in [4.78, 5) is 22.2. The summed E-state index contributed by atoms with van der Waals surface area (Å²) in [6, 6.07) is 0. The van der Waals surface area contributed by atoms with E-state index in [1.54, 1.807) is 6.92 Å². The number of carbonyl (C=O) groups is 2. The van der Waals surface area contributed by atoms with E-state index in [9.17, 15) is 14.7 Å². The Morgan fingerprint density at radius 1 is 1.33 bits per heavy atom. The van der Waals surface area contributed by atoms with Crippen molar-refractivity contribution >= 4 is 11.9 Å². The standard InChI is InChI=1S/C11H16O4/c1-4-6-7-8-11(3,9(12)13)10(14)15-5-2/h4-5,8H2,1-3H3,(H,12,13)/p-1. The largest absolute Gasteiger partial charge is 0.549 e. The summed E-state index contributed by atoms with van der Waals surface area (Å²) in [7, 11) is 0. The Kier molecular flexibility index (Phi) is 5.46. The van der Waals surface area contributed by atoms with E-state index in [1.807, 2.05) is 6.92 Å². The Morgan fingerprint density at radius 2 is 1.93 bits per heavy atom. The van der Waals surface area contributed by atoms with Crippen LogP contribution in [0.1, 0.15) is 33.6 Å². The SMILES string of the molecule is CCC#CCC(C)(C(=O)[O-])C(=O)OCC. The van der Waals surface area contributed by atoms with Gasteiger partial charge in [0.05, 0.1) is 12.6 Å². The van der Waals surface area contributed by atoms with Crippen molar-refractivity contribution in [2.45, 2.75) is 33.6 Å². The molecular weight excluding hydrogens is 196 g/mol. The molecule has 84 valence electrons. The first-order valence-electron chi connectivity index (χ1n) is 4.83. The van der Waals surface area contributed by atoms with E-state index in [2.05, 4.69) is 16.6 Å². The number of carbonyl (C=O) groups excluding carboxylic acids is 2. The van der Waals surface area contributed by atoms with Crippen molar-refractivity contribution in [2.24, 2.45) is 5.41 Å². The lowest BCUT2D eigenvalue weighted by atomic mass is 9.87. The number of rotatable bonds is 4. The molecule has 15 heavy (non-hydrogen) atoms. The summed E-state index contributed by atoms with van der Waals surface area (Å²) in [5.74, 6) is 3.08. The predicted octanol–water partition coefficient (Wildman–Crippen LogP) is 0.109. The number of ether oxygens (including phenoxy) is 1. The van der Waals surface area contributed by atoms with Gasteiger partial charge in [-0.1, -0.05) is 6.92 Å². The van der Waals surface area contributed by atoms with Crippen LogP contribution in [0.3, 0.4) is 0 Å². The summed E-state index contributed by atoms with van der Waals surface area (Å²) in [6.45, 7) is 4.87. The van der Waals surface area contributed by atoms with Crippen LogP contribution in [-0.2, 0) is 14.3 Å². The lowest BCUT2D eigenvalue weighted by molar-refractivity contribution is -0.317. The highest BCUT2D eigenvalue weighted by Gasteiger charge is 2.35. The molecule has 0 spiro atoms. The Hall–Kier alpha value is -1.50. The summed E-state index contributed by atoms with van der Waals surface area (Å²) in [5.41, 5.74) is -1.67. The average Bonchev–Trinajstić information content (AvgIpc) is 2.18. The van der Waals surface area contributed by atoms with Gasteiger partial charge in [-0.05, 0) is 13.8 Å². The Balaban J connectivity index is 4.74. The van der Waals surface area contributed by atoms with Crippen molar-refractivity contribution in [3.8, 4) is 11.8 Å². The number of hydrogen-bond donors (Lipinski definition) is 0. The molecule has 1 unspecified atom stereocenters. The average molecular weight is 211 g/mol. The van der Waals surface area contributed by atoms with E-state index < -0.39 is 17.4 Å². The minimum atomic E-state index is -1.67. The molecule has 0 rings (SSSR count). The number of aliphatic carboxylic acids is 1. The number of carboxylic acids is 1. The van der Waals surface area contributed by atoms with Crippen molar-refractivity contribution in [3.63, 3.8) is 0 Å². The van der Waals surface area contributed by atoms with Crippen molar-refractivity contribution < 1.29 is 19.4 Å². The smallest absolute Gasteiger partial charge is 0.318 e. The predicted molar refractivity (Wildman–Crippen MR) is 52.4 cm³/mol. The van der Waals surface area contributed by atoms with E-state index in [0.717, 1.165) is 0 Å². The van der Waals surface area contributed by atoms with Crippen LogP contribution < -0.4 is 5.11 Å². The molecular formula is C11H15O4-. The number of hydrogen-bond acceptors (Lipinski definition) is 4. The highest BCUT2D eigenvalue weighted by atomic mass is 16.5. The highest BCUT2D eigenvalue weighted by molar-refractivity contribution is 5.98. The molecule has 0 aliphatic carbocycles. The first kappa shape index (κ1) is 13.5. The molecule has 0 radical (unpaired) electrons. The molecule has 0 amide bonds. The maximum Gasteiger partial charge on any atom is 0.318 e. The first-order chi connectivity index (χ1) is 6.99. The minimum Gasteiger partial charge on any atom is -0.549 e. The zero-order chi connectivity index (χ0) is 11.9. The van der Waals surface area contributed by atoms with Gasteiger partial charge in [0.1, 0.15) is 5.41 Å². The Morgan fingerprint density at radius 3 is 2.33 bits per heavy atom. The topological polar surface area (TPSA) is 66.4 Å². The third-order valence-electron chi connectivity index (χ3n) is 1.92. The molecule has 4 nitrogen and oxygen atoms in total. The van der Waals surface area contributed by atoms with Crippen LogP contribution in [0.4, 0.5) is 0 Å². The minimum absolute atomic E-state index is 0.0813. The monoisotopic (exact) mass is 211 g/mol. The maximum absolute atomic E-state index is 11.4. The van der Waals surface area contributed by atoms with Crippen LogP contribution >= 0.6 is 0 Å². The van der Waals surface area contributed by atoms with E-state index >= 15 is 0 Å². The molecule has 0 aromatic rings. The molecule has 0 aliphatic rings. The van der Waals surface area contributed by atoms with Crippen LogP contribution in [0, 0.1) is 17.3 Å². The quantitative estimate of drug-likeness (QED) is 0.376. The van der Waals surface area contributed by atoms with Crippen molar-refractivity contribution in [1.29, 1.82) is 0 Å². The van der Waals surface area contributed by atoms with E-state index in [-0.39, 0.29) is 13.0 Å². The van der Waals surface area contributed by atoms with E-state index in [1.165, 1.54) is 6.92 Å². The third-order valence-corrected chi connectivity index (χ3v) is 1.92. The zero-order valence-corrected chi connectivity index (χ0v) is 9.25. The van der Waals surface area contributed by atoms with Gasteiger partial charge in [0, 0.05) is 12.8 Å². The summed E-state index contributed by atoms with van der Waals surface area (Å²) < 4.78 is 4.67. The van der Waals surface area contributed by atoms with E-state index in [4.69, 9.17) is 0 Å².